The van der Waals surface area contributed by atoms with Gasteiger partial charge in [0.2, 0.25) is 0 Å². The average molecular weight is 346 g/mol. The maximum absolute atomic E-state index is 11.8. The predicted octanol–water partition coefficient (Wildman–Crippen LogP) is 3.69. The van der Waals surface area contributed by atoms with Gasteiger partial charge in [0.25, 0.3) is 5.91 Å². The first kappa shape index (κ1) is 18.0. The lowest BCUT2D eigenvalue weighted by Crippen LogP contribution is -2.28. The van der Waals surface area contributed by atoms with Gasteiger partial charge in [-0.3, -0.25) is 9.59 Å². The third kappa shape index (κ3) is 5.70. The topological polar surface area (TPSA) is 55.4 Å². The fraction of sp³-hybridized carbons (Fsp3) is 0.263. The third-order valence-electron chi connectivity index (χ3n) is 3.64. The van der Waals surface area contributed by atoms with Crippen LogP contribution in [0.3, 0.4) is 0 Å². The van der Waals surface area contributed by atoms with Crippen LogP contribution in [0.4, 0.5) is 0 Å². The lowest BCUT2D eigenvalue weighted by Gasteiger charge is -2.11. The summed E-state index contributed by atoms with van der Waals surface area (Å²) in [7, 11) is 0. The molecular weight excluding hydrogens is 326 g/mol. The summed E-state index contributed by atoms with van der Waals surface area (Å²) >= 11 is 6.01. The summed E-state index contributed by atoms with van der Waals surface area (Å²) in [5.74, 6) is -0.695. The Morgan fingerprint density at radius 3 is 2.46 bits per heavy atom. The molecule has 0 aliphatic rings. The molecule has 0 aliphatic carbocycles. The molecular formula is C19H20ClNO3. The molecule has 1 atom stereocenters. The average Bonchev–Trinajstić information content (AvgIpc) is 2.60. The van der Waals surface area contributed by atoms with Crippen molar-refractivity contribution in [2.75, 3.05) is 6.61 Å². The van der Waals surface area contributed by atoms with Gasteiger partial charge in [0.1, 0.15) is 0 Å². The second kappa shape index (κ2) is 9.08. The van der Waals surface area contributed by atoms with Crippen molar-refractivity contribution >= 4 is 23.5 Å². The number of amides is 1. The van der Waals surface area contributed by atoms with Gasteiger partial charge in [-0.1, -0.05) is 67.1 Å². The fourth-order valence-electron chi connectivity index (χ4n) is 2.24. The van der Waals surface area contributed by atoms with Crippen molar-refractivity contribution in [3.05, 3.63) is 70.7 Å². The van der Waals surface area contributed by atoms with Crippen molar-refractivity contribution in [1.82, 2.24) is 5.32 Å². The lowest BCUT2D eigenvalue weighted by atomic mass is 9.98. The van der Waals surface area contributed by atoms with Crippen LogP contribution in [-0.4, -0.2) is 18.5 Å². The monoisotopic (exact) mass is 345 g/mol. The second-order valence-corrected chi connectivity index (χ2v) is 5.95. The van der Waals surface area contributed by atoms with Crippen LogP contribution in [0.25, 0.3) is 0 Å². The van der Waals surface area contributed by atoms with Crippen molar-refractivity contribution in [3.63, 3.8) is 0 Å². The van der Waals surface area contributed by atoms with E-state index in [-0.39, 0.29) is 30.8 Å². The summed E-state index contributed by atoms with van der Waals surface area (Å²) in [5, 5.41) is 3.27. The summed E-state index contributed by atoms with van der Waals surface area (Å²) in [5.41, 5.74) is 1.88. The predicted molar refractivity (Wildman–Crippen MR) is 93.7 cm³/mol. The van der Waals surface area contributed by atoms with Crippen LogP contribution in [0.5, 0.6) is 0 Å². The van der Waals surface area contributed by atoms with Crippen molar-refractivity contribution in [3.8, 4) is 0 Å². The number of hydrogen-bond donors (Lipinski definition) is 1. The zero-order chi connectivity index (χ0) is 17.4. The van der Waals surface area contributed by atoms with Crippen LogP contribution < -0.4 is 5.32 Å². The van der Waals surface area contributed by atoms with E-state index in [4.69, 9.17) is 16.3 Å². The first-order valence-electron chi connectivity index (χ1n) is 7.77. The van der Waals surface area contributed by atoms with E-state index < -0.39 is 0 Å². The molecule has 0 saturated carbocycles. The lowest BCUT2D eigenvalue weighted by molar-refractivity contribution is -0.148. The number of benzene rings is 2. The largest absolute Gasteiger partial charge is 0.456 e. The molecule has 0 aromatic heterocycles. The van der Waals surface area contributed by atoms with Crippen LogP contribution in [0.15, 0.2) is 54.6 Å². The van der Waals surface area contributed by atoms with E-state index in [1.165, 1.54) is 0 Å². The van der Waals surface area contributed by atoms with Crippen molar-refractivity contribution in [2.24, 2.45) is 0 Å². The number of ether oxygens (including phenoxy) is 1. The quantitative estimate of drug-likeness (QED) is 0.778. The van der Waals surface area contributed by atoms with Gasteiger partial charge < -0.3 is 10.1 Å². The molecule has 0 radical (unpaired) electrons. The summed E-state index contributed by atoms with van der Waals surface area (Å²) in [6, 6.07) is 17.0. The molecule has 0 aliphatic heterocycles. The van der Waals surface area contributed by atoms with Gasteiger partial charge in [0.15, 0.2) is 6.61 Å². The van der Waals surface area contributed by atoms with Gasteiger partial charge in [-0.15, -0.1) is 0 Å². The molecule has 0 saturated heterocycles. The molecule has 4 nitrogen and oxygen atoms in total. The van der Waals surface area contributed by atoms with E-state index >= 15 is 0 Å². The molecule has 5 heteroatoms. The van der Waals surface area contributed by atoms with Gasteiger partial charge in [-0.25, -0.2) is 0 Å². The van der Waals surface area contributed by atoms with Crippen molar-refractivity contribution < 1.29 is 14.3 Å². The van der Waals surface area contributed by atoms with Gasteiger partial charge in [0, 0.05) is 11.6 Å². The highest BCUT2D eigenvalue weighted by Crippen LogP contribution is 2.18. The minimum absolute atomic E-state index is 0.0462. The molecule has 0 heterocycles. The highest BCUT2D eigenvalue weighted by Gasteiger charge is 2.13. The van der Waals surface area contributed by atoms with E-state index in [0.717, 1.165) is 11.1 Å². The fourth-order valence-corrected chi connectivity index (χ4v) is 2.44. The Labute approximate surface area is 146 Å². The van der Waals surface area contributed by atoms with E-state index in [1.807, 2.05) is 55.5 Å². The second-order valence-electron chi connectivity index (χ2n) is 5.54. The molecule has 0 bridgehead atoms. The summed E-state index contributed by atoms with van der Waals surface area (Å²) < 4.78 is 5.03. The zero-order valence-electron chi connectivity index (χ0n) is 13.5. The van der Waals surface area contributed by atoms with Crippen LogP contribution in [0.1, 0.15) is 30.4 Å². The molecule has 1 amide bonds. The highest BCUT2D eigenvalue weighted by molar-refractivity contribution is 6.31. The molecule has 2 aromatic rings. The van der Waals surface area contributed by atoms with Gasteiger partial charge in [-0.2, -0.15) is 0 Å². The number of nitrogens with one attached hydrogen (secondary N) is 1. The molecule has 0 fully saturated rings. The van der Waals surface area contributed by atoms with E-state index in [1.54, 1.807) is 6.07 Å². The Morgan fingerprint density at radius 2 is 1.75 bits per heavy atom. The van der Waals surface area contributed by atoms with Crippen molar-refractivity contribution in [1.29, 1.82) is 0 Å². The molecule has 0 unspecified atom stereocenters. The van der Waals surface area contributed by atoms with Crippen LogP contribution in [0, 0.1) is 0 Å². The molecule has 2 aromatic carbocycles. The molecule has 126 valence electrons. The Bertz CT molecular complexity index is 688. The summed E-state index contributed by atoms with van der Waals surface area (Å²) in [6.45, 7) is 1.97. The zero-order valence-corrected chi connectivity index (χ0v) is 14.3. The first-order valence-corrected chi connectivity index (χ1v) is 8.14. The smallest absolute Gasteiger partial charge is 0.306 e. The Kier molecular flexibility index (Phi) is 6.82. The minimum Gasteiger partial charge on any atom is -0.456 e. The number of halogens is 1. The number of carbonyl (C=O) groups is 2. The van der Waals surface area contributed by atoms with E-state index in [2.05, 4.69) is 5.32 Å². The normalized spacial score (nSPS) is 11.6. The number of carbonyl (C=O) groups excluding carboxylic acids is 2. The van der Waals surface area contributed by atoms with Crippen LogP contribution in [-0.2, 0) is 20.9 Å². The van der Waals surface area contributed by atoms with Crippen LogP contribution in [0.2, 0.25) is 5.02 Å². The number of rotatable bonds is 7. The van der Waals surface area contributed by atoms with E-state index in [0.29, 0.717) is 11.6 Å². The number of hydrogen-bond acceptors (Lipinski definition) is 3. The summed E-state index contributed by atoms with van der Waals surface area (Å²) in [4.78, 5) is 23.6. The summed E-state index contributed by atoms with van der Waals surface area (Å²) in [6.07, 6.45) is 0.238. The Morgan fingerprint density at radius 1 is 1.08 bits per heavy atom. The number of esters is 1. The maximum atomic E-state index is 11.8. The van der Waals surface area contributed by atoms with E-state index in [9.17, 15) is 9.59 Å². The SMILES string of the molecule is C[C@@H](CC(=O)OCC(=O)NCc1ccccc1Cl)c1ccccc1. The van der Waals surface area contributed by atoms with Crippen LogP contribution >= 0.6 is 11.6 Å². The highest BCUT2D eigenvalue weighted by atomic mass is 35.5. The Balaban J connectivity index is 1.71. The van der Waals surface area contributed by atoms with Gasteiger partial charge in [0.05, 0.1) is 6.42 Å². The molecule has 24 heavy (non-hydrogen) atoms. The third-order valence-corrected chi connectivity index (χ3v) is 4.01. The van der Waals surface area contributed by atoms with Crippen molar-refractivity contribution in [2.45, 2.75) is 25.8 Å². The first-order chi connectivity index (χ1) is 11.6. The minimum atomic E-state index is -0.390. The Hall–Kier alpha value is -2.33. The molecule has 2 rings (SSSR count). The maximum Gasteiger partial charge on any atom is 0.306 e. The van der Waals surface area contributed by atoms with Gasteiger partial charge in [-0.05, 0) is 23.1 Å². The molecule has 0 spiro atoms. The standard InChI is InChI=1S/C19H20ClNO3/c1-14(15-7-3-2-4-8-15)11-19(23)24-13-18(22)21-12-16-9-5-6-10-17(16)20/h2-10,14H,11-13H2,1H3,(H,21,22)/t14-/m0/s1. The molecule has 1 N–H and O–H groups in total. The van der Waals surface area contributed by atoms with Gasteiger partial charge >= 0.3 is 5.97 Å².